The first-order valence-electron chi connectivity index (χ1n) is 7.06. The Bertz CT molecular complexity index is 137. The number of unbranched alkanes of at least 4 members (excludes halogenated alkanes) is 4. The zero-order valence-electron chi connectivity index (χ0n) is 11.4. The predicted molar refractivity (Wildman–Crippen MR) is 89.1 cm³/mol. The van der Waals surface area contributed by atoms with Gasteiger partial charge in [0.2, 0.25) is 0 Å². The van der Waals surface area contributed by atoms with Crippen LogP contribution in [0.2, 0.25) is 10.6 Å². The van der Waals surface area contributed by atoms with Crippen molar-refractivity contribution < 1.29 is 0 Å². The van der Waals surface area contributed by atoms with Gasteiger partial charge < -0.3 is 0 Å². The summed E-state index contributed by atoms with van der Waals surface area (Å²) in [6.45, 7) is 4.55. The van der Waals surface area contributed by atoms with E-state index in [1.54, 1.807) is 0 Å². The van der Waals surface area contributed by atoms with Crippen molar-refractivity contribution in [3.8, 4) is 0 Å². The van der Waals surface area contributed by atoms with E-state index in [9.17, 15) is 0 Å². The fourth-order valence-electron chi connectivity index (χ4n) is 1.72. The molecule has 0 bridgehead atoms. The van der Waals surface area contributed by atoms with Crippen molar-refractivity contribution in [1.29, 1.82) is 0 Å². The normalized spacial score (nSPS) is 14.8. The van der Waals surface area contributed by atoms with Gasteiger partial charge in [-0.2, -0.15) is 0 Å². The first kappa shape index (κ1) is 18.5. The van der Waals surface area contributed by atoms with Gasteiger partial charge >= 0.3 is 132 Å². The average molecular weight is 435 g/mol. The Hall–Kier alpha value is 1.48. The predicted octanol–water partition coefficient (Wildman–Crippen LogP) is 6.21. The minimum absolute atomic E-state index is 0.782. The van der Waals surface area contributed by atoms with E-state index in [-0.39, 0.29) is 0 Å². The van der Waals surface area contributed by atoms with E-state index in [1.165, 1.54) is 62.0 Å². The summed E-state index contributed by atoms with van der Waals surface area (Å²) < 4.78 is 0. The fourth-order valence-corrected chi connectivity index (χ4v) is 6.37. The van der Waals surface area contributed by atoms with Gasteiger partial charge in [0.25, 0.3) is 0 Å². The van der Waals surface area contributed by atoms with Crippen LogP contribution in [0.3, 0.4) is 0 Å². The molecule has 0 amide bonds. The van der Waals surface area contributed by atoms with Crippen molar-refractivity contribution in [2.45, 2.75) is 85.5 Å². The van der Waals surface area contributed by atoms with Crippen molar-refractivity contribution >= 4 is 46.8 Å². The number of halogens is 2. The van der Waals surface area contributed by atoms with Crippen molar-refractivity contribution in [2.75, 3.05) is 0 Å². The molecule has 0 saturated heterocycles. The van der Waals surface area contributed by atoms with Gasteiger partial charge in [0, 0.05) is 0 Å². The van der Waals surface area contributed by atoms with Crippen molar-refractivity contribution in [3.05, 3.63) is 0 Å². The molecule has 0 aliphatic rings. The van der Waals surface area contributed by atoms with E-state index in [2.05, 4.69) is 45.7 Å². The second-order valence-corrected chi connectivity index (χ2v) is 9.57. The molecule has 0 radical (unpaired) electrons. The van der Waals surface area contributed by atoms with E-state index >= 15 is 0 Å². The Kier molecular flexibility index (Phi) is 15.1. The summed E-state index contributed by atoms with van der Waals surface area (Å²) in [6.07, 6.45) is 11.0. The molecule has 0 rings (SSSR count). The monoisotopic (exact) mass is 434 g/mol. The van der Waals surface area contributed by atoms with E-state index in [4.69, 9.17) is 0 Å². The molecule has 0 aromatic rings. The summed E-state index contributed by atoms with van der Waals surface area (Å²) in [5.74, 6) is 0. The first-order chi connectivity index (χ1) is 8.20. The van der Waals surface area contributed by atoms with Gasteiger partial charge in [-0.25, -0.2) is 0 Å². The molecule has 0 spiro atoms. The topological polar surface area (TPSA) is 0 Å². The van der Waals surface area contributed by atoms with Gasteiger partial charge in [0.15, 0.2) is 0 Å². The number of alkyl halides is 2. The molecule has 0 heterocycles. The molecule has 0 N–H and O–H groups in total. The molecule has 0 aromatic heterocycles. The standard InChI is InChI=1S/C14H28Br2Se/c1-3-5-7-9-13(15)11-17-12-14(16)10-8-6-4-2/h13-14H,3-12H2,1-2H3. The molecule has 17 heavy (non-hydrogen) atoms. The number of hydrogen-bond donors (Lipinski definition) is 0. The molecule has 3 heteroatoms. The first-order valence-corrected chi connectivity index (χ1v) is 11.3. The van der Waals surface area contributed by atoms with Crippen LogP contribution < -0.4 is 0 Å². The van der Waals surface area contributed by atoms with E-state index in [1.807, 2.05) is 0 Å². The molecule has 0 aliphatic heterocycles. The third-order valence-electron chi connectivity index (χ3n) is 2.84. The maximum atomic E-state index is 3.82. The summed E-state index contributed by atoms with van der Waals surface area (Å²) in [7, 11) is 0. The SMILES string of the molecule is CCCCCC(Br)C[Se]CC(Br)CCCCC. The Balaban J connectivity index is 3.29. The zero-order chi connectivity index (χ0) is 12.9. The summed E-state index contributed by atoms with van der Waals surface area (Å²) in [4.78, 5) is 1.56. The van der Waals surface area contributed by atoms with E-state index in [0.29, 0.717) is 0 Å². The summed E-state index contributed by atoms with van der Waals surface area (Å²) >= 11 is 8.46. The minimum atomic E-state index is 0.782. The van der Waals surface area contributed by atoms with Crippen LogP contribution in [0.1, 0.15) is 65.2 Å². The van der Waals surface area contributed by atoms with E-state index < -0.39 is 0 Å². The van der Waals surface area contributed by atoms with E-state index in [0.717, 1.165) is 24.6 Å². The van der Waals surface area contributed by atoms with Gasteiger partial charge in [0.05, 0.1) is 0 Å². The van der Waals surface area contributed by atoms with Crippen LogP contribution in [0.25, 0.3) is 0 Å². The molecule has 104 valence electrons. The summed E-state index contributed by atoms with van der Waals surface area (Å²) in [6, 6.07) is 0. The van der Waals surface area contributed by atoms with Crippen molar-refractivity contribution in [3.63, 3.8) is 0 Å². The molecule has 2 atom stereocenters. The second-order valence-electron chi connectivity index (χ2n) is 4.72. The quantitative estimate of drug-likeness (QED) is 0.194. The molecule has 0 nitrogen and oxygen atoms in total. The number of hydrogen-bond acceptors (Lipinski definition) is 0. The molecule has 0 fully saturated rings. The van der Waals surface area contributed by atoms with Gasteiger partial charge in [-0.15, -0.1) is 0 Å². The Morgan fingerprint density at radius 3 is 1.53 bits per heavy atom. The summed E-state index contributed by atoms with van der Waals surface area (Å²) in [5, 5.41) is 2.82. The molecule has 0 aliphatic carbocycles. The van der Waals surface area contributed by atoms with Crippen molar-refractivity contribution in [1.82, 2.24) is 0 Å². The van der Waals surface area contributed by atoms with Gasteiger partial charge in [0.1, 0.15) is 0 Å². The second kappa shape index (κ2) is 13.9. The molecular weight excluding hydrogens is 407 g/mol. The Morgan fingerprint density at radius 1 is 0.765 bits per heavy atom. The maximum absolute atomic E-state index is 3.82. The van der Waals surface area contributed by atoms with Crippen LogP contribution in [0.4, 0.5) is 0 Å². The van der Waals surface area contributed by atoms with Crippen LogP contribution >= 0.6 is 31.9 Å². The van der Waals surface area contributed by atoms with Crippen LogP contribution in [0.5, 0.6) is 0 Å². The zero-order valence-corrected chi connectivity index (χ0v) is 16.3. The fraction of sp³-hybridized carbons (Fsp3) is 1.00. The van der Waals surface area contributed by atoms with Crippen LogP contribution in [-0.4, -0.2) is 24.6 Å². The van der Waals surface area contributed by atoms with Crippen LogP contribution in [-0.2, 0) is 0 Å². The molecule has 0 aromatic carbocycles. The Morgan fingerprint density at radius 2 is 1.18 bits per heavy atom. The average Bonchev–Trinajstić information content (AvgIpc) is 2.30. The molecule has 2 unspecified atom stereocenters. The third kappa shape index (κ3) is 13.7. The van der Waals surface area contributed by atoms with Gasteiger partial charge in [-0.1, -0.05) is 0 Å². The van der Waals surface area contributed by atoms with Gasteiger partial charge in [-0.05, 0) is 0 Å². The third-order valence-corrected chi connectivity index (χ3v) is 9.01. The Labute approximate surface area is 131 Å². The molecular formula is C14H28Br2Se. The van der Waals surface area contributed by atoms with Crippen LogP contribution in [0.15, 0.2) is 0 Å². The molecule has 0 saturated carbocycles. The van der Waals surface area contributed by atoms with Crippen LogP contribution in [0, 0.1) is 0 Å². The van der Waals surface area contributed by atoms with Crippen molar-refractivity contribution in [2.24, 2.45) is 0 Å². The summed E-state index contributed by atoms with van der Waals surface area (Å²) in [5.41, 5.74) is 0. The van der Waals surface area contributed by atoms with Gasteiger partial charge in [-0.3, -0.25) is 0 Å². The number of rotatable bonds is 12.